The van der Waals surface area contributed by atoms with Crippen molar-refractivity contribution in [1.29, 1.82) is 0 Å². The summed E-state index contributed by atoms with van der Waals surface area (Å²) in [5, 5.41) is 13.9. The van der Waals surface area contributed by atoms with Gasteiger partial charge in [-0.05, 0) is 91.0 Å². The Morgan fingerprint density at radius 2 is 1.97 bits per heavy atom. The van der Waals surface area contributed by atoms with Crippen LogP contribution in [0.2, 0.25) is 0 Å². The summed E-state index contributed by atoms with van der Waals surface area (Å²) in [7, 11) is 1.76. The summed E-state index contributed by atoms with van der Waals surface area (Å²) in [6.07, 6.45) is 7.69. The van der Waals surface area contributed by atoms with Gasteiger partial charge in [0.05, 0.1) is 7.11 Å². The van der Waals surface area contributed by atoms with Crippen molar-refractivity contribution in [3.05, 3.63) is 59.2 Å². The van der Waals surface area contributed by atoms with Crippen LogP contribution >= 0.6 is 0 Å². The Balaban J connectivity index is 1.33. The fraction of sp³-hybridized carbons (Fsp3) is 0.538. The first-order chi connectivity index (χ1) is 14.1. The number of rotatable bonds is 4. The summed E-state index contributed by atoms with van der Waals surface area (Å²) < 4.78 is 5.46. The van der Waals surface area contributed by atoms with Gasteiger partial charge in [0.15, 0.2) is 0 Å². The molecule has 0 aromatic heterocycles. The van der Waals surface area contributed by atoms with Crippen LogP contribution < -0.4 is 10.1 Å². The maximum absolute atomic E-state index is 10.1. The van der Waals surface area contributed by atoms with Crippen LogP contribution in [-0.4, -0.2) is 18.3 Å². The number of benzene rings is 2. The second-order valence-electron chi connectivity index (χ2n) is 9.66. The van der Waals surface area contributed by atoms with E-state index in [4.69, 9.17) is 4.74 Å². The zero-order valence-corrected chi connectivity index (χ0v) is 17.7. The van der Waals surface area contributed by atoms with E-state index in [-0.39, 0.29) is 0 Å². The average Bonchev–Trinajstić information content (AvgIpc) is 3.09. The molecule has 2 saturated carbocycles. The van der Waals surface area contributed by atoms with Gasteiger partial charge < -0.3 is 15.2 Å². The summed E-state index contributed by atoms with van der Waals surface area (Å²) in [4.78, 5) is 0. The molecule has 0 aliphatic heterocycles. The maximum Gasteiger partial charge on any atom is 0.120 e. The zero-order valence-electron chi connectivity index (χ0n) is 17.7. The Hall–Kier alpha value is -2.00. The first-order valence-corrected chi connectivity index (χ1v) is 11.3. The summed E-state index contributed by atoms with van der Waals surface area (Å²) >= 11 is 0. The Morgan fingerprint density at radius 3 is 2.79 bits per heavy atom. The molecule has 3 aliphatic carbocycles. The SMILES string of the molecule is COc1ccc2c(c1)CC[C@@H]1[C@@H]2CC[C@]2(C)[C@@H](NCc3ccccc3O)CC[C@@H]12. The molecule has 29 heavy (non-hydrogen) atoms. The lowest BCUT2D eigenvalue weighted by molar-refractivity contribution is 0.0407. The van der Waals surface area contributed by atoms with Gasteiger partial charge in [0, 0.05) is 18.2 Å². The molecule has 2 fully saturated rings. The summed E-state index contributed by atoms with van der Waals surface area (Å²) in [6, 6.07) is 15.0. The third-order valence-corrected chi connectivity index (χ3v) is 8.46. The molecule has 0 saturated heterocycles. The van der Waals surface area contributed by atoms with Crippen molar-refractivity contribution in [2.45, 2.75) is 64.0 Å². The Labute approximate surface area is 174 Å². The van der Waals surface area contributed by atoms with Crippen molar-refractivity contribution < 1.29 is 9.84 Å². The Kier molecular flexibility index (Phi) is 4.82. The van der Waals surface area contributed by atoms with E-state index in [1.54, 1.807) is 18.7 Å². The monoisotopic (exact) mass is 391 g/mol. The molecule has 0 heterocycles. The van der Waals surface area contributed by atoms with Crippen molar-refractivity contribution >= 4 is 0 Å². The van der Waals surface area contributed by atoms with Crippen molar-refractivity contribution in [2.75, 3.05) is 7.11 Å². The summed E-state index contributed by atoms with van der Waals surface area (Å²) in [5.41, 5.74) is 4.49. The lowest BCUT2D eigenvalue weighted by Crippen LogP contribution is -2.48. The molecule has 0 radical (unpaired) electrons. The molecule has 154 valence electrons. The standard InChI is InChI=1S/C26H33NO2/c1-26-14-13-21-20-10-8-19(29-2)15-17(20)7-9-22(21)23(26)11-12-25(26)27-16-18-5-3-4-6-24(18)28/h3-6,8,10,15,21-23,25,27-28H,7,9,11-14,16H2,1-2H3/t21-,22-,23+,25+,26+/m1/s1. The van der Waals surface area contributed by atoms with Gasteiger partial charge in [-0.1, -0.05) is 31.2 Å². The lowest BCUT2D eigenvalue weighted by Gasteiger charge is -2.51. The fourth-order valence-corrected chi connectivity index (χ4v) is 6.91. The van der Waals surface area contributed by atoms with Crippen molar-refractivity contribution in [2.24, 2.45) is 17.3 Å². The first-order valence-electron chi connectivity index (χ1n) is 11.3. The van der Waals surface area contributed by atoms with Crippen molar-refractivity contribution in [3.63, 3.8) is 0 Å². The van der Waals surface area contributed by atoms with Crippen molar-refractivity contribution in [3.8, 4) is 11.5 Å². The van der Waals surface area contributed by atoms with Gasteiger partial charge in [-0.2, -0.15) is 0 Å². The van der Waals surface area contributed by atoms with E-state index in [1.165, 1.54) is 44.1 Å². The minimum Gasteiger partial charge on any atom is -0.508 e. The van der Waals surface area contributed by atoms with Gasteiger partial charge in [-0.15, -0.1) is 0 Å². The maximum atomic E-state index is 10.1. The predicted octanol–water partition coefficient (Wildman–Crippen LogP) is 5.42. The van der Waals surface area contributed by atoms with Crippen LogP contribution in [0.25, 0.3) is 0 Å². The smallest absolute Gasteiger partial charge is 0.120 e. The van der Waals surface area contributed by atoms with E-state index in [2.05, 4.69) is 30.4 Å². The molecular weight excluding hydrogens is 358 g/mol. The van der Waals surface area contributed by atoms with Gasteiger partial charge in [-0.25, -0.2) is 0 Å². The number of fused-ring (bicyclic) bond motifs is 5. The third kappa shape index (κ3) is 3.15. The minimum atomic E-state index is 0.371. The van der Waals surface area contributed by atoms with E-state index < -0.39 is 0 Å². The molecule has 2 aromatic carbocycles. The van der Waals surface area contributed by atoms with E-state index in [0.29, 0.717) is 17.2 Å². The highest BCUT2D eigenvalue weighted by atomic mass is 16.5. The van der Waals surface area contributed by atoms with Crippen LogP contribution in [0.3, 0.4) is 0 Å². The third-order valence-electron chi connectivity index (χ3n) is 8.46. The molecule has 3 heteroatoms. The van der Waals surface area contributed by atoms with Crippen LogP contribution in [0.5, 0.6) is 11.5 Å². The second kappa shape index (κ2) is 7.36. The van der Waals surface area contributed by atoms with E-state index in [1.807, 2.05) is 18.2 Å². The quantitative estimate of drug-likeness (QED) is 0.732. The predicted molar refractivity (Wildman–Crippen MR) is 116 cm³/mol. The van der Waals surface area contributed by atoms with E-state index in [9.17, 15) is 5.11 Å². The van der Waals surface area contributed by atoms with Crippen molar-refractivity contribution in [1.82, 2.24) is 5.32 Å². The van der Waals surface area contributed by atoms with Crippen LogP contribution in [0.4, 0.5) is 0 Å². The van der Waals surface area contributed by atoms with Crippen LogP contribution in [0.1, 0.15) is 61.6 Å². The van der Waals surface area contributed by atoms with Gasteiger partial charge in [0.1, 0.15) is 11.5 Å². The molecule has 3 aliphatic rings. The molecule has 5 rings (SSSR count). The summed E-state index contributed by atoms with van der Waals surface area (Å²) in [5.74, 6) is 3.74. The van der Waals surface area contributed by atoms with Gasteiger partial charge in [0.2, 0.25) is 0 Å². The topological polar surface area (TPSA) is 41.5 Å². The highest BCUT2D eigenvalue weighted by Gasteiger charge is 2.54. The minimum absolute atomic E-state index is 0.371. The first kappa shape index (κ1) is 19.0. The fourth-order valence-electron chi connectivity index (χ4n) is 6.91. The largest absolute Gasteiger partial charge is 0.508 e. The molecule has 2 aromatic rings. The van der Waals surface area contributed by atoms with E-state index >= 15 is 0 Å². The second-order valence-corrected chi connectivity index (χ2v) is 9.66. The number of nitrogens with one attached hydrogen (secondary N) is 1. The number of phenols is 1. The number of ether oxygens (including phenoxy) is 1. The van der Waals surface area contributed by atoms with Gasteiger partial charge in [0.25, 0.3) is 0 Å². The number of hydrogen-bond acceptors (Lipinski definition) is 3. The number of aryl methyl sites for hydroxylation is 1. The number of para-hydroxylation sites is 1. The molecular formula is C26H33NO2. The molecule has 0 bridgehead atoms. The lowest BCUT2D eigenvalue weighted by atomic mass is 9.55. The Morgan fingerprint density at radius 1 is 1.10 bits per heavy atom. The number of phenolic OH excluding ortho intramolecular Hbond substituents is 1. The normalized spacial score (nSPS) is 32.9. The number of methoxy groups -OCH3 is 1. The highest BCUT2D eigenvalue weighted by molar-refractivity contribution is 5.41. The molecule has 0 unspecified atom stereocenters. The van der Waals surface area contributed by atoms with Crippen LogP contribution in [-0.2, 0) is 13.0 Å². The molecule has 0 spiro atoms. The molecule has 3 nitrogen and oxygen atoms in total. The average molecular weight is 392 g/mol. The highest BCUT2D eigenvalue weighted by Crippen LogP contribution is 2.61. The molecule has 5 atom stereocenters. The Bertz CT molecular complexity index is 894. The van der Waals surface area contributed by atoms with E-state index in [0.717, 1.165) is 35.6 Å². The van der Waals surface area contributed by atoms with Crippen LogP contribution in [0.15, 0.2) is 42.5 Å². The summed E-state index contributed by atoms with van der Waals surface area (Å²) in [6.45, 7) is 3.29. The van der Waals surface area contributed by atoms with Gasteiger partial charge in [-0.3, -0.25) is 0 Å². The number of hydrogen-bond donors (Lipinski definition) is 2. The van der Waals surface area contributed by atoms with Crippen LogP contribution in [0, 0.1) is 17.3 Å². The van der Waals surface area contributed by atoms with Gasteiger partial charge >= 0.3 is 0 Å². The number of aromatic hydroxyl groups is 1. The molecule has 2 N–H and O–H groups in total. The molecule has 0 amide bonds. The zero-order chi connectivity index (χ0) is 20.0.